The monoisotopic (exact) mass is 589 g/mol. The maximum atomic E-state index is 13.7. The van der Waals surface area contributed by atoms with Crippen LogP contribution in [0, 0.1) is 13.8 Å². The number of benzene rings is 2. The minimum atomic E-state index is -3.82. The van der Waals surface area contributed by atoms with Gasteiger partial charge in [-0.1, -0.05) is 18.2 Å². The average molecular weight is 590 g/mol. The van der Waals surface area contributed by atoms with Crippen LogP contribution in [0.3, 0.4) is 0 Å². The summed E-state index contributed by atoms with van der Waals surface area (Å²) in [6.45, 7) is 8.76. The molecule has 0 atom stereocenters. The molecule has 3 N–H and O–H groups in total. The van der Waals surface area contributed by atoms with E-state index in [2.05, 4.69) is 20.5 Å². The molecule has 0 spiro atoms. The highest BCUT2D eigenvalue weighted by Gasteiger charge is 2.33. The SMILES string of the molecule is Cc1[nH]c(/C=C2\C(=O)Nc3ccc(S(=O)(=O)N4CCc5ccccc54)cc32)c(C)c1CC(=O)NCCN1CCOCC1. The van der Waals surface area contributed by atoms with Gasteiger partial charge in [0.15, 0.2) is 0 Å². The van der Waals surface area contributed by atoms with Crippen LogP contribution in [0.1, 0.15) is 33.6 Å². The van der Waals surface area contributed by atoms with E-state index in [0.29, 0.717) is 47.7 Å². The Bertz CT molecular complexity index is 1690. The number of ether oxygens (including phenoxy) is 1. The van der Waals surface area contributed by atoms with Crippen molar-refractivity contribution in [1.82, 2.24) is 15.2 Å². The number of anilines is 2. The summed E-state index contributed by atoms with van der Waals surface area (Å²) in [7, 11) is -3.82. The zero-order valence-electron chi connectivity index (χ0n) is 23.8. The van der Waals surface area contributed by atoms with E-state index < -0.39 is 10.0 Å². The van der Waals surface area contributed by atoms with Crippen LogP contribution in [0.4, 0.5) is 11.4 Å². The van der Waals surface area contributed by atoms with Crippen LogP contribution in [0.2, 0.25) is 0 Å². The zero-order valence-corrected chi connectivity index (χ0v) is 24.6. The number of aryl methyl sites for hydroxylation is 1. The molecule has 1 aromatic heterocycles. The van der Waals surface area contributed by atoms with Crippen molar-refractivity contribution in [2.75, 3.05) is 55.6 Å². The number of nitrogens with zero attached hydrogens (tertiary/aromatic N) is 2. The van der Waals surface area contributed by atoms with Crippen molar-refractivity contribution < 1.29 is 22.7 Å². The number of aromatic amines is 1. The molecular formula is C31H35N5O5S. The van der Waals surface area contributed by atoms with Crippen LogP contribution in [0.15, 0.2) is 47.4 Å². The Labute approximate surface area is 245 Å². The van der Waals surface area contributed by atoms with E-state index in [1.54, 1.807) is 18.2 Å². The van der Waals surface area contributed by atoms with Gasteiger partial charge in [-0.25, -0.2) is 8.42 Å². The maximum Gasteiger partial charge on any atom is 0.264 e. The summed E-state index contributed by atoms with van der Waals surface area (Å²) in [5, 5.41) is 5.86. The fourth-order valence-electron chi connectivity index (χ4n) is 5.93. The number of morpholine rings is 1. The highest BCUT2D eigenvalue weighted by atomic mass is 32.2. The molecule has 42 heavy (non-hydrogen) atoms. The van der Waals surface area contributed by atoms with Crippen molar-refractivity contribution in [1.29, 1.82) is 0 Å². The number of para-hydroxylation sites is 1. The number of hydrogen-bond acceptors (Lipinski definition) is 6. The number of carbonyl (C=O) groups is 2. The highest BCUT2D eigenvalue weighted by Crippen LogP contribution is 2.38. The lowest BCUT2D eigenvalue weighted by Crippen LogP contribution is -2.41. The Morgan fingerprint density at radius 3 is 2.69 bits per heavy atom. The van der Waals surface area contributed by atoms with E-state index >= 15 is 0 Å². The molecule has 220 valence electrons. The summed E-state index contributed by atoms with van der Waals surface area (Å²) in [5.41, 5.74) is 6.48. The van der Waals surface area contributed by atoms with E-state index in [1.807, 2.05) is 38.1 Å². The van der Waals surface area contributed by atoms with Gasteiger partial charge in [0, 0.05) is 55.4 Å². The summed E-state index contributed by atoms with van der Waals surface area (Å²) in [6, 6.07) is 12.3. The van der Waals surface area contributed by atoms with Gasteiger partial charge in [0.25, 0.3) is 15.9 Å². The second kappa shape index (κ2) is 11.4. The average Bonchev–Trinajstić information content (AvgIpc) is 3.63. The van der Waals surface area contributed by atoms with Gasteiger partial charge in [-0.05, 0) is 67.3 Å². The number of rotatable bonds is 8. The summed E-state index contributed by atoms with van der Waals surface area (Å²) in [4.78, 5) is 31.5. The minimum Gasteiger partial charge on any atom is -0.379 e. The summed E-state index contributed by atoms with van der Waals surface area (Å²) in [6.07, 6.45) is 2.62. The molecule has 0 saturated carbocycles. The van der Waals surface area contributed by atoms with E-state index in [4.69, 9.17) is 4.74 Å². The number of nitrogens with one attached hydrogen (secondary N) is 3. The highest BCUT2D eigenvalue weighted by molar-refractivity contribution is 7.92. The molecule has 1 saturated heterocycles. The Morgan fingerprint density at radius 1 is 1.10 bits per heavy atom. The molecule has 0 radical (unpaired) electrons. The molecule has 0 bridgehead atoms. The molecule has 4 heterocycles. The predicted octanol–water partition coefficient (Wildman–Crippen LogP) is 2.87. The summed E-state index contributed by atoms with van der Waals surface area (Å²) >= 11 is 0. The number of fused-ring (bicyclic) bond motifs is 2. The van der Waals surface area contributed by atoms with Gasteiger partial charge >= 0.3 is 0 Å². The number of amides is 2. The van der Waals surface area contributed by atoms with Crippen molar-refractivity contribution in [2.45, 2.75) is 31.6 Å². The van der Waals surface area contributed by atoms with Crippen LogP contribution < -0.4 is 14.9 Å². The Morgan fingerprint density at radius 2 is 1.88 bits per heavy atom. The normalized spacial score (nSPS) is 17.8. The third kappa shape index (κ3) is 5.35. The van der Waals surface area contributed by atoms with Crippen molar-refractivity contribution in [3.8, 4) is 0 Å². The molecule has 11 heteroatoms. The number of carbonyl (C=O) groups excluding carboxylic acids is 2. The Balaban J connectivity index is 1.21. The Hall–Kier alpha value is -3.93. The lowest BCUT2D eigenvalue weighted by Gasteiger charge is -2.26. The maximum absolute atomic E-state index is 13.7. The number of hydrogen-bond donors (Lipinski definition) is 3. The van der Waals surface area contributed by atoms with Crippen molar-refractivity contribution in [3.63, 3.8) is 0 Å². The zero-order chi connectivity index (χ0) is 29.4. The number of H-pyrrole nitrogens is 1. The van der Waals surface area contributed by atoms with Gasteiger partial charge in [-0.15, -0.1) is 0 Å². The van der Waals surface area contributed by atoms with Crippen molar-refractivity contribution in [2.24, 2.45) is 0 Å². The number of aromatic nitrogens is 1. The van der Waals surface area contributed by atoms with Crippen LogP contribution in [-0.4, -0.2) is 76.1 Å². The third-order valence-electron chi connectivity index (χ3n) is 8.32. The predicted molar refractivity (Wildman–Crippen MR) is 162 cm³/mol. The molecule has 0 unspecified atom stereocenters. The second-order valence-corrected chi connectivity index (χ2v) is 12.8. The number of sulfonamides is 1. The lowest BCUT2D eigenvalue weighted by atomic mass is 10.0. The molecular weight excluding hydrogens is 554 g/mol. The van der Waals surface area contributed by atoms with Gasteiger partial charge < -0.3 is 20.4 Å². The smallest absolute Gasteiger partial charge is 0.264 e. The van der Waals surface area contributed by atoms with Gasteiger partial charge in [-0.2, -0.15) is 0 Å². The Kier molecular flexibility index (Phi) is 7.65. The topological polar surface area (TPSA) is 124 Å². The summed E-state index contributed by atoms with van der Waals surface area (Å²) < 4.78 is 34.1. The third-order valence-corrected chi connectivity index (χ3v) is 10.1. The standard InChI is InChI=1S/C31H35N5O5S/c1-20-24(19-30(37)32-10-12-35-13-15-41-16-14-35)21(2)33-28(20)18-26-25-17-23(7-8-27(25)34-31(26)38)42(39,40)36-11-9-22-5-3-4-6-29(22)36/h3-8,17-18,33H,9-16,19H2,1-2H3,(H,32,37)(H,34,38)/b26-18-. The molecule has 1 fully saturated rings. The van der Waals surface area contributed by atoms with Gasteiger partial charge in [0.1, 0.15) is 0 Å². The van der Waals surface area contributed by atoms with Crippen LogP contribution in [0.25, 0.3) is 11.6 Å². The molecule has 2 amide bonds. The first-order valence-electron chi connectivity index (χ1n) is 14.3. The first-order chi connectivity index (χ1) is 20.2. The molecule has 3 aliphatic rings. The van der Waals surface area contributed by atoms with Gasteiger partial charge in [0.2, 0.25) is 5.91 Å². The van der Waals surface area contributed by atoms with Gasteiger partial charge in [0.05, 0.1) is 35.8 Å². The van der Waals surface area contributed by atoms with Crippen LogP contribution in [-0.2, 0) is 37.2 Å². The quantitative estimate of drug-likeness (QED) is 0.347. The van der Waals surface area contributed by atoms with E-state index in [9.17, 15) is 18.0 Å². The van der Waals surface area contributed by atoms with Gasteiger partial charge in [-0.3, -0.25) is 18.8 Å². The largest absolute Gasteiger partial charge is 0.379 e. The minimum absolute atomic E-state index is 0.0602. The summed E-state index contributed by atoms with van der Waals surface area (Å²) in [5.74, 6) is -0.366. The first-order valence-corrected chi connectivity index (χ1v) is 15.7. The lowest BCUT2D eigenvalue weighted by molar-refractivity contribution is -0.120. The van der Waals surface area contributed by atoms with Crippen molar-refractivity contribution >= 4 is 44.9 Å². The molecule has 6 rings (SSSR count). The molecule has 2 aromatic carbocycles. The molecule has 3 aromatic rings. The fourth-order valence-corrected chi connectivity index (χ4v) is 7.46. The van der Waals surface area contributed by atoms with Crippen LogP contribution in [0.5, 0.6) is 0 Å². The van der Waals surface area contributed by atoms with Crippen LogP contribution >= 0.6 is 0 Å². The van der Waals surface area contributed by atoms with Crippen molar-refractivity contribution in [3.05, 3.63) is 76.1 Å². The van der Waals surface area contributed by atoms with E-state index in [-0.39, 0.29) is 23.1 Å². The molecule has 3 aliphatic heterocycles. The van der Waals surface area contributed by atoms with E-state index in [0.717, 1.165) is 55.2 Å². The molecule has 10 nitrogen and oxygen atoms in total. The fraction of sp³-hybridized carbons (Fsp3) is 0.355. The molecule has 0 aliphatic carbocycles. The first kappa shape index (κ1) is 28.2. The van der Waals surface area contributed by atoms with E-state index in [1.165, 1.54) is 10.4 Å². The second-order valence-electron chi connectivity index (χ2n) is 10.9.